The number of carbonyl (C=O) groups excluding carboxylic acids is 1. The number of aromatic nitrogens is 2. The van der Waals surface area contributed by atoms with Gasteiger partial charge in [0.15, 0.2) is 0 Å². The van der Waals surface area contributed by atoms with E-state index in [9.17, 15) is 9.59 Å². The first-order valence-electron chi connectivity index (χ1n) is 9.81. The first-order chi connectivity index (χ1) is 15.5. The number of hydrogen-bond donors (Lipinski definition) is 1. The standard InChI is InChI=1S/C24H20ClN3O3S/c1-15-26-23-20(4-3-5-21(23)31-2)24(30)28(15)18-10-12-19(13-11-18)32-14-22(29)27-17-8-6-16(25)7-9-17/h3-13H,14H2,1-2H3,(H,27,29). The number of amides is 1. The summed E-state index contributed by atoms with van der Waals surface area (Å²) in [5.74, 6) is 1.28. The maximum Gasteiger partial charge on any atom is 0.266 e. The molecule has 0 unspecified atom stereocenters. The molecule has 0 aliphatic rings. The second-order valence-corrected chi connectivity index (χ2v) is 8.48. The highest BCUT2D eigenvalue weighted by atomic mass is 35.5. The second kappa shape index (κ2) is 9.46. The van der Waals surface area contributed by atoms with E-state index in [1.54, 1.807) is 61.1 Å². The molecule has 0 atom stereocenters. The molecule has 0 aliphatic heterocycles. The summed E-state index contributed by atoms with van der Waals surface area (Å²) in [6, 6.07) is 19.7. The fraction of sp³-hybridized carbons (Fsp3) is 0.125. The van der Waals surface area contributed by atoms with Crippen LogP contribution in [0.25, 0.3) is 16.6 Å². The average Bonchev–Trinajstić information content (AvgIpc) is 2.80. The number of fused-ring (bicyclic) bond motifs is 1. The SMILES string of the molecule is COc1cccc2c(=O)n(-c3ccc(SCC(=O)Nc4ccc(Cl)cc4)cc3)c(C)nc12. The lowest BCUT2D eigenvalue weighted by Gasteiger charge is -2.13. The molecule has 1 amide bonds. The summed E-state index contributed by atoms with van der Waals surface area (Å²) in [5, 5.41) is 3.95. The van der Waals surface area contributed by atoms with Crippen LogP contribution in [0.2, 0.25) is 5.02 Å². The number of nitrogens with zero attached hydrogens (tertiary/aromatic N) is 2. The third-order valence-electron chi connectivity index (χ3n) is 4.84. The molecule has 162 valence electrons. The summed E-state index contributed by atoms with van der Waals surface area (Å²) in [6.45, 7) is 1.79. The van der Waals surface area contributed by atoms with Gasteiger partial charge in [-0.15, -0.1) is 11.8 Å². The lowest BCUT2D eigenvalue weighted by molar-refractivity contribution is -0.113. The molecule has 8 heteroatoms. The summed E-state index contributed by atoms with van der Waals surface area (Å²) in [7, 11) is 1.56. The number of rotatable bonds is 6. The Kier molecular flexibility index (Phi) is 6.48. The van der Waals surface area contributed by atoms with E-state index in [-0.39, 0.29) is 17.2 Å². The fourth-order valence-corrected chi connectivity index (χ4v) is 4.15. The number of carbonyl (C=O) groups is 1. The number of thioether (sulfide) groups is 1. The van der Waals surface area contributed by atoms with Crippen LogP contribution in [-0.4, -0.2) is 28.3 Å². The molecule has 1 aromatic heterocycles. The van der Waals surface area contributed by atoms with Crippen molar-refractivity contribution in [2.75, 3.05) is 18.2 Å². The van der Waals surface area contributed by atoms with Crippen LogP contribution in [-0.2, 0) is 4.79 Å². The molecule has 1 heterocycles. The maximum absolute atomic E-state index is 13.1. The third kappa shape index (κ3) is 4.64. The Hall–Kier alpha value is -3.29. The zero-order valence-corrected chi connectivity index (χ0v) is 19.0. The quantitative estimate of drug-likeness (QED) is 0.402. The van der Waals surface area contributed by atoms with Crippen molar-refractivity contribution in [2.45, 2.75) is 11.8 Å². The van der Waals surface area contributed by atoms with Gasteiger partial charge < -0.3 is 10.1 Å². The summed E-state index contributed by atoms with van der Waals surface area (Å²) >= 11 is 7.27. The molecule has 0 radical (unpaired) electrons. The van der Waals surface area contributed by atoms with E-state index in [2.05, 4.69) is 10.3 Å². The Balaban J connectivity index is 1.50. The van der Waals surface area contributed by atoms with E-state index >= 15 is 0 Å². The highest BCUT2D eigenvalue weighted by Crippen LogP contribution is 2.24. The minimum absolute atomic E-state index is 0.110. The number of halogens is 1. The van der Waals surface area contributed by atoms with Gasteiger partial charge in [-0.3, -0.25) is 14.2 Å². The third-order valence-corrected chi connectivity index (χ3v) is 6.11. The van der Waals surface area contributed by atoms with Crippen LogP contribution in [0.15, 0.2) is 76.4 Å². The summed E-state index contributed by atoms with van der Waals surface area (Å²) in [5.41, 5.74) is 1.80. The van der Waals surface area contributed by atoms with Crippen molar-refractivity contribution in [1.29, 1.82) is 0 Å². The van der Waals surface area contributed by atoms with Crippen LogP contribution >= 0.6 is 23.4 Å². The Labute approximate surface area is 194 Å². The number of nitrogens with one attached hydrogen (secondary N) is 1. The summed E-state index contributed by atoms with van der Waals surface area (Å²) in [6.07, 6.45) is 0. The van der Waals surface area contributed by atoms with Gasteiger partial charge in [0.05, 0.1) is 23.9 Å². The molecule has 6 nitrogen and oxygen atoms in total. The average molecular weight is 466 g/mol. The number of anilines is 1. The van der Waals surface area contributed by atoms with Crippen molar-refractivity contribution in [3.8, 4) is 11.4 Å². The molecule has 3 aromatic carbocycles. The molecular formula is C24H20ClN3O3S. The normalized spacial score (nSPS) is 10.8. The number of aryl methyl sites for hydroxylation is 1. The van der Waals surface area contributed by atoms with Crippen LogP contribution in [0.1, 0.15) is 5.82 Å². The molecule has 0 bridgehead atoms. The molecule has 1 N–H and O–H groups in total. The van der Waals surface area contributed by atoms with Crippen LogP contribution in [0.4, 0.5) is 5.69 Å². The number of para-hydroxylation sites is 1. The monoisotopic (exact) mass is 465 g/mol. The molecule has 4 rings (SSSR count). The summed E-state index contributed by atoms with van der Waals surface area (Å²) in [4.78, 5) is 30.8. The number of methoxy groups -OCH3 is 1. The Bertz CT molecular complexity index is 1340. The van der Waals surface area contributed by atoms with Crippen LogP contribution in [0.5, 0.6) is 5.75 Å². The van der Waals surface area contributed by atoms with Crippen molar-refractivity contribution in [3.63, 3.8) is 0 Å². The van der Waals surface area contributed by atoms with E-state index in [0.717, 1.165) is 4.90 Å². The smallest absolute Gasteiger partial charge is 0.266 e. The fourth-order valence-electron chi connectivity index (χ4n) is 3.33. The topological polar surface area (TPSA) is 73.2 Å². The number of ether oxygens (including phenoxy) is 1. The predicted molar refractivity (Wildman–Crippen MR) is 129 cm³/mol. The molecular weight excluding hydrogens is 446 g/mol. The Morgan fingerprint density at radius 2 is 1.81 bits per heavy atom. The van der Waals surface area contributed by atoms with Crippen LogP contribution in [0, 0.1) is 6.92 Å². The van der Waals surface area contributed by atoms with E-state index in [4.69, 9.17) is 16.3 Å². The van der Waals surface area contributed by atoms with Gasteiger partial charge in [-0.25, -0.2) is 4.98 Å². The predicted octanol–water partition coefficient (Wildman–Crippen LogP) is 5.09. The Morgan fingerprint density at radius 3 is 2.50 bits per heavy atom. The van der Waals surface area contributed by atoms with E-state index in [1.807, 2.05) is 24.3 Å². The Morgan fingerprint density at radius 1 is 1.09 bits per heavy atom. The van der Waals surface area contributed by atoms with E-state index in [0.29, 0.717) is 38.9 Å². The molecule has 4 aromatic rings. The molecule has 0 aliphatic carbocycles. The van der Waals surface area contributed by atoms with Gasteiger partial charge >= 0.3 is 0 Å². The molecule has 0 spiro atoms. The number of benzene rings is 3. The minimum atomic E-state index is -0.158. The van der Waals surface area contributed by atoms with E-state index < -0.39 is 0 Å². The maximum atomic E-state index is 13.1. The van der Waals surface area contributed by atoms with Crippen molar-refractivity contribution in [2.24, 2.45) is 0 Å². The summed E-state index contributed by atoms with van der Waals surface area (Å²) < 4.78 is 6.91. The first kappa shape index (κ1) is 21.9. The van der Waals surface area contributed by atoms with Gasteiger partial charge in [0.25, 0.3) is 5.56 Å². The molecule has 0 saturated carbocycles. The number of hydrogen-bond acceptors (Lipinski definition) is 5. The van der Waals surface area contributed by atoms with Gasteiger partial charge in [0.1, 0.15) is 17.1 Å². The van der Waals surface area contributed by atoms with Crippen molar-refractivity contribution < 1.29 is 9.53 Å². The zero-order chi connectivity index (χ0) is 22.7. The highest BCUT2D eigenvalue weighted by Gasteiger charge is 2.13. The first-order valence-corrected chi connectivity index (χ1v) is 11.2. The lowest BCUT2D eigenvalue weighted by Crippen LogP contribution is -2.22. The van der Waals surface area contributed by atoms with Crippen molar-refractivity contribution >= 4 is 45.9 Å². The van der Waals surface area contributed by atoms with Crippen LogP contribution < -0.4 is 15.6 Å². The van der Waals surface area contributed by atoms with Crippen LogP contribution in [0.3, 0.4) is 0 Å². The lowest BCUT2D eigenvalue weighted by atomic mass is 10.2. The van der Waals surface area contributed by atoms with Gasteiger partial charge in [-0.1, -0.05) is 17.7 Å². The second-order valence-electron chi connectivity index (χ2n) is 6.99. The molecule has 0 fully saturated rings. The van der Waals surface area contributed by atoms with Gasteiger partial charge in [-0.05, 0) is 67.6 Å². The molecule has 32 heavy (non-hydrogen) atoms. The van der Waals surface area contributed by atoms with Gasteiger partial charge in [0.2, 0.25) is 5.91 Å². The molecule has 0 saturated heterocycles. The van der Waals surface area contributed by atoms with E-state index in [1.165, 1.54) is 11.8 Å². The minimum Gasteiger partial charge on any atom is -0.494 e. The largest absolute Gasteiger partial charge is 0.494 e. The van der Waals surface area contributed by atoms with Gasteiger partial charge in [-0.2, -0.15) is 0 Å². The van der Waals surface area contributed by atoms with Gasteiger partial charge in [0, 0.05) is 15.6 Å². The highest BCUT2D eigenvalue weighted by molar-refractivity contribution is 8.00. The van der Waals surface area contributed by atoms with Crippen molar-refractivity contribution in [1.82, 2.24) is 9.55 Å². The van der Waals surface area contributed by atoms with Crippen molar-refractivity contribution in [3.05, 3.63) is 87.9 Å². The zero-order valence-electron chi connectivity index (χ0n) is 17.5.